The third-order valence-corrected chi connectivity index (χ3v) is 24.5. The van der Waals surface area contributed by atoms with Crippen LogP contribution in [0.1, 0.15) is 413 Å². The van der Waals surface area contributed by atoms with E-state index in [-0.39, 0.29) is 25.7 Å². The number of rotatable bonds is 76. The molecule has 1 saturated carbocycles. The Kier molecular flexibility index (Phi) is 63.9. The summed E-state index contributed by atoms with van der Waals surface area (Å²) in [7, 11) is -5.80. The molecule has 26 heteroatoms. The molecular formula is C90H169O25P. The van der Waals surface area contributed by atoms with Crippen LogP contribution in [0, 0.1) is 5.92 Å². The number of phosphoric acid groups is 1. The van der Waals surface area contributed by atoms with Gasteiger partial charge in [0.2, 0.25) is 0 Å². The Labute approximate surface area is 699 Å². The Morgan fingerprint density at radius 1 is 0.336 bits per heavy atom. The van der Waals surface area contributed by atoms with Crippen LogP contribution in [-0.4, -0.2) is 205 Å². The fourth-order valence-electron chi connectivity index (χ4n) is 15.9. The number of esters is 4. The molecule has 3 fully saturated rings. The summed E-state index contributed by atoms with van der Waals surface area (Å²) in [6.07, 6.45) is 23.9. The number of aliphatic hydroxyl groups is 9. The molecule has 0 radical (unpaired) electrons. The number of unbranched alkanes of at least 4 members (excludes halogenated alkanes) is 48. The second kappa shape index (κ2) is 68.9. The van der Waals surface area contributed by atoms with Crippen molar-refractivity contribution in [1.82, 2.24) is 0 Å². The first-order chi connectivity index (χ1) is 56.1. The Morgan fingerprint density at radius 3 is 1.03 bits per heavy atom. The molecule has 3 rings (SSSR count). The van der Waals surface area contributed by atoms with Crippen molar-refractivity contribution in [3.63, 3.8) is 0 Å². The Morgan fingerprint density at radius 2 is 0.647 bits per heavy atom. The van der Waals surface area contributed by atoms with E-state index in [0.29, 0.717) is 38.0 Å². The zero-order valence-corrected chi connectivity index (χ0v) is 73.9. The van der Waals surface area contributed by atoms with Gasteiger partial charge in [-0.05, 0) is 31.6 Å². The number of carbonyl (C=O) groups excluding carboxylic acids is 4. The molecule has 2 heterocycles. The molecule has 3 aliphatic rings. The van der Waals surface area contributed by atoms with Crippen LogP contribution < -0.4 is 0 Å². The van der Waals surface area contributed by atoms with Crippen molar-refractivity contribution in [3.05, 3.63) is 0 Å². The van der Waals surface area contributed by atoms with E-state index in [4.69, 9.17) is 46.9 Å². The van der Waals surface area contributed by atoms with Crippen LogP contribution in [0.5, 0.6) is 0 Å². The van der Waals surface area contributed by atoms with Crippen molar-refractivity contribution < 1.29 is 122 Å². The molecule has 25 nitrogen and oxygen atoms in total. The van der Waals surface area contributed by atoms with Crippen LogP contribution in [-0.2, 0) is 70.7 Å². The van der Waals surface area contributed by atoms with E-state index < -0.39 is 162 Å². The highest BCUT2D eigenvalue weighted by molar-refractivity contribution is 7.47. The molecule has 19 unspecified atom stereocenters. The predicted octanol–water partition coefficient (Wildman–Crippen LogP) is 17.2. The minimum Gasteiger partial charge on any atom is -0.463 e. The molecule has 2 saturated heterocycles. The predicted molar refractivity (Wildman–Crippen MR) is 449 cm³/mol. The maximum atomic E-state index is 14.9. The fourth-order valence-corrected chi connectivity index (χ4v) is 16.9. The topological polar surface area (TPSA) is 380 Å². The molecule has 10 N–H and O–H groups in total. The standard InChI is InChI=1S/C90H169O25P/c1-6-10-14-18-22-25-28-31-32-35-38-41-44-52-58-64-76(95)112-85-81(100)82(101)86(113-89-83(102)79(98)77(96)71(65-91)110-89)88(87(85)114-90-84(103)80(99)78(97)72(111-90)68-107-74(93)62-56-50-46-45-48-54-60-69(5)59-53-47-21-17-13-9-4)115-116(104,105)108-67-70(109-75(94)63-57-51-43-40-37-34-30-27-24-20-16-12-8-3)66-106-73(92)61-55-49-42-39-36-33-29-26-23-19-15-11-7-2/h69-72,77-91,96-103H,6-68H2,1-5H3,(H,104,105). The van der Waals surface area contributed by atoms with Gasteiger partial charge in [-0.1, -0.05) is 362 Å². The Bertz CT molecular complexity index is 2430. The zero-order valence-electron chi connectivity index (χ0n) is 73.0. The maximum Gasteiger partial charge on any atom is 0.472 e. The highest BCUT2D eigenvalue weighted by Gasteiger charge is 2.60. The third-order valence-electron chi connectivity index (χ3n) is 23.5. The van der Waals surface area contributed by atoms with Crippen molar-refractivity contribution in [2.75, 3.05) is 26.4 Å². The van der Waals surface area contributed by atoms with Gasteiger partial charge >= 0.3 is 31.7 Å². The average molecular weight is 1680 g/mol. The van der Waals surface area contributed by atoms with Crippen LogP contribution in [0.3, 0.4) is 0 Å². The first-order valence-corrected chi connectivity index (χ1v) is 48.7. The number of hydrogen-bond acceptors (Lipinski definition) is 24. The fraction of sp³-hybridized carbons (Fsp3) is 0.956. The van der Waals surface area contributed by atoms with Gasteiger partial charge in [-0.3, -0.25) is 28.2 Å². The molecule has 1 aliphatic carbocycles. The van der Waals surface area contributed by atoms with Crippen molar-refractivity contribution >= 4 is 31.7 Å². The quantitative estimate of drug-likeness (QED) is 0.0117. The van der Waals surface area contributed by atoms with Crippen LogP contribution >= 0.6 is 7.82 Å². The second-order valence-corrected chi connectivity index (χ2v) is 35.6. The zero-order chi connectivity index (χ0) is 84.8. The molecule has 0 aromatic carbocycles. The largest absolute Gasteiger partial charge is 0.472 e. The van der Waals surface area contributed by atoms with E-state index in [1.165, 1.54) is 193 Å². The van der Waals surface area contributed by atoms with Crippen LogP contribution in [0.25, 0.3) is 0 Å². The Balaban J connectivity index is 1.92. The van der Waals surface area contributed by atoms with Gasteiger partial charge in [0.25, 0.3) is 0 Å². The number of ether oxygens (including phenoxy) is 8. The minimum atomic E-state index is -5.80. The molecular weight excluding hydrogens is 1510 g/mol. The van der Waals surface area contributed by atoms with Crippen molar-refractivity contribution in [2.45, 2.75) is 518 Å². The lowest BCUT2D eigenvalue weighted by molar-refractivity contribution is -0.360. The van der Waals surface area contributed by atoms with Crippen LogP contribution in [0.4, 0.5) is 0 Å². The summed E-state index contributed by atoms with van der Waals surface area (Å²) in [4.78, 5) is 66.4. The number of hydrogen-bond donors (Lipinski definition) is 10. The summed E-state index contributed by atoms with van der Waals surface area (Å²) < 4.78 is 73.5. The molecule has 0 amide bonds. The molecule has 0 bridgehead atoms. The van der Waals surface area contributed by atoms with Gasteiger partial charge < -0.3 is 88.7 Å². The molecule has 0 spiro atoms. The van der Waals surface area contributed by atoms with Crippen molar-refractivity contribution in [3.8, 4) is 0 Å². The second-order valence-electron chi connectivity index (χ2n) is 34.2. The highest BCUT2D eigenvalue weighted by atomic mass is 31.2. The average Bonchev–Trinajstić information content (AvgIpc) is 0.754. The molecule has 0 aromatic rings. The van der Waals surface area contributed by atoms with E-state index in [1.54, 1.807) is 0 Å². The molecule has 19 atom stereocenters. The summed E-state index contributed by atoms with van der Waals surface area (Å²) in [5.41, 5.74) is 0. The third kappa shape index (κ3) is 49.1. The SMILES string of the molecule is CCCCCCCCCCCCCCCCCC(=O)OC1C(O)C(O)C(OC2OC(CO)C(O)C(O)C2O)C(OP(=O)(O)OCC(COC(=O)CCCCCCCCCCCCCCC)OC(=O)CCCCCCCCCCCCCCC)C1OC1OC(COC(=O)CCCCCCCCC(C)CCCCCCCC)C(O)C(O)C1O. The number of carbonyl (C=O) groups is 4. The lowest BCUT2D eigenvalue weighted by Gasteiger charge is -2.50. The monoisotopic (exact) mass is 1680 g/mol. The van der Waals surface area contributed by atoms with Gasteiger partial charge in [0.1, 0.15) is 92.6 Å². The summed E-state index contributed by atoms with van der Waals surface area (Å²) in [6.45, 7) is 7.94. The lowest BCUT2D eigenvalue weighted by atomic mass is 9.84. The number of aliphatic hydroxyl groups excluding tert-OH is 9. The minimum absolute atomic E-state index is 0.0173. The number of phosphoric ester groups is 1. The van der Waals surface area contributed by atoms with Crippen molar-refractivity contribution in [2.24, 2.45) is 5.92 Å². The van der Waals surface area contributed by atoms with E-state index in [9.17, 15) is 74.6 Å². The van der Waals surface area contributed by atoms with Gasteiger partial charge in [0, 0.05) is 25.7 Å². The van der Waals surface area contributed by atoms with Crippen LogP contribution in [0.2, 0.25) is 0 Å². The van der Waals surface area contributed by atoms with E-state index in [2.05, 4.69) is 34.6 Å². The normalized spacial score (nSPS) is 25.4. The maximum absolute atomic E-state index is 14.9. The molecule has 116 heavy (non-hydrogen) atoms. The van der Waals surface area contributed by atoms with E-state index in [1.807, 2.05) is 0 Å². The molecule has 684 valence electrons. The molecule has 2 aliphatic heterocycles. The first kappa shape index (κ1) is 108. The summed E-state index contributed by atoms with van der Waals surface area (Å²) in [5, 5.41) is 102. The van der Waals surface area contributed by atoms with Gasteiger partial charge in [0.05, 0.1) is 13.2 Å². The van der Waals surface area contributed by atoms with Gasteiger partial charge in [0.15, 0.2) is 24.8 Å². The van der Waals surface area contributed by atoms with Gasteiger partial charge in [-0.2, -0.15) is 0 Å². The van der Waals surface area contributed by atoms with Crippen molar-refractivity contribution in [1.29, 1.82) is 0 Å². The Hall–Kier alpha value is -2.53. The van der Waals surface area contributed by atoms with Crippen LogP contribution in [0.15, 0.2) is 0 Å². The highest BCUT2D eigenvalue weighted by Crippen LogP contribution is 2.49. The van der Waals surface area contributed by atoms with Gasteiger partial charge in [-0.15, -0.1) is 0 Å². The smallest absolute Gasteiger partial charge is 0.463 e. The first-order valence-electron chi connectivity index (χ1n) is 47.2. The summed E-state index contributed by atoms with van der Waals surface area (Å²) in [5.74, 6) is -2.26. The molecule has 0 aromatic heterocycles. The summed E-state index contributed by atoms with van der Waals surface area (Å²) >= 11 is 0. The lowest BCUT2D eigenvalue weighted by Crippen LogP contribution is -2.70. The van der Waals surface area contributed by atoms with E-state index in [0.717, 1.165) is 128 Å². The summed E-state index contributed by atoms with van der Waals surface area (Å²) in [6, 6.07) is 0. The van der Waals surface area contributed by atoms with Gasteiger partial charge in [-0.25, -0.2) is 4.57 Å². The van der Waals surface area contributed by atoms with E-state index >= 15 is 0 Å².